The van der Waals surface area contributed by atoms with Crippen LogP contribution in [0, 0.1) is 5.82 Å². The van der Waals surface area contributed by atoms with Gasteiger partial charge in [0.1, 0.15) is 5.82 Å². The average Bonchev–Trinajstić information content (AvgIpc) is 2.20. The SMILES string of the molecule is CC(CCl)N(C)Cc1ccc(Br)cc1F. The van der Waals surface area contributed by atoms with E-state index in [0.717, 1.165) is 4.47 Å². The molecule has 1 rings (SSSR count). The van der Waals surface area contributed by atoms with Crippen molar-refractivity contribution in [1.29, 1.82) is 0 Å². The number of hydrogen-bond donors (Lipinski definition) is 0. The van der Waals surface area contributed by atoms with Gasteiger partial charge in [-0.25, -0.2) is 4.39 Å². The van der Waals surface area contributed by atoms with E-state index in [9.17, 15) is 4.39 Å². The molecule has 84 valence electrons. The number of nitrogens with zero attached hydrogens (tertiary/aromatic N) is 1. The largest absolute Gasteiger partial charge is 0.298 e. The second-order valence-electron chi connectivity index (χ2n) is 3.65. The highest BCUT2D eigenvalue weighted by molar-refractivity contribution is 9.10. The molecule has 4 heteroatoms. The van der Waals surface area contributed by atoms with Gasteiger partial charge in [-0.2, -0.15) is 0 Å². The molecule has 0 amide bonds. The summed E-state index contributed by atoms with van der Waals surface area (Å²) in [7, 11) is 1.94. The molecule has 1 unspecified atom stereocenters. The smallest absolute Gasteiger partial charge is 0.128 e. The maximum Gasteiger partial charge on any atom is 0.128 e. The first-order chi connectivity index (χ1) is 7.04. The lowest BCUT2D eigenvalue weighted by Crippen LogP contribution is -2.30. The second kappa shape index (κ2) is 5.83. The molecule has 0 saturated carbocycles. The average molecular weight is 295 g/mol. The Morgan fingerprint density at radius 2 is 2.20 bits per heavy atom. The molecule has 1 aromatic rings. The van der Waals surface area contributed by atoms with Crippen LogP contribution in [-0.2, 0) is 6.54 Å². The molecule has 0 aliphatic rings. The second-order valence-corrected chi connectivity index (χ2v) is 4.88. The van der Waals surface area contributed by atoms with Crippen molar-refractivity contribution in [3.8, 4) is 0 Å². The van der Waals surface area contributed by atoms with Crippen LogP contribution in [-0.4, -0.2) is 23.9 Å². The monoisotopic (exact) mass is 293 g/mol. The van der Waals surface area contributed by atoms with Crippen LogP contribution >= 0.6 is 27.5 Å². The molecule has 0 spiro atoms. The summed E-state index contributed by atoms with van der Waals surface area (Å²) in [5.41, 5.74) is 0.692. The third-order valence-electron chi connectivity index (χ3n) is 2.41. The highest BCUT2D eigenvalue weighted by atomic mass is 79.9. The summed E-state index contributed by atoms with van der Waals surface area (Å²) in [5.74, 6) is 0.368. The van der Waals surface area contributed by atoms with E-state index in [2.05, 4.69) is 15.9 Å². The van der Waals surface area contributed by atoms with Crippen LogP contribution in [0.15, 0.2) is 22.7 Å². The summed E-state index contributed by atoms with van der Waals surface area (Å²) < 4.78 is 14.2. The number of benzene rings is 1. The molecule has 0 fully saturated rings. The van der Waals surface area contributed by atoms with E-state index in [4.69, 9.17) is 11.6 Å². The summed E-state index contributed by atoms with van der Waals surface area (Å²) in [4.78, 5) is 2.03. The Balaban J connectivity index is 2.72. The van der Waals surface area contributed by atoms with Crippen molar-refractivity contribution in [2.45, 2.75) is 19.5 Å². The van der Waals surface area contributed by atoms with Gasteiger partial charge in [-0.15, -0.1) is 11.6 Å². The summed E-state index contributed by atoms with van der Waals surface area (Å²) in [6.45, 7) is 2.59. The molecule has 1 aromatic carbocycles. The zero-order chi connectivity index (χ0) is 11.4. The van der Waals surface area contributed by atoms with Crippen molar-refractivity contribution in [2.24, 2.45) is 0 Å². The fourth-order valence-corrected chi connectivity index (χ4v) is 1.76. The van der Waals surface area contributed by atoms with Crippen LogP contribution in [0.2, 0.25) is 0 Å². The van der Waals surface area contributed by atoms with Gasteiger partial charge in [0, 0.05) is 28.5 Å². The molecule has 0 radical (unpaired) electrons. The van der Waals surface area contributed by atoms with E-state index in [-0.39, 0.29) is 11.9 Å². The molecule has 0 aliphatic carbocycles. The molecule has 0 heterocycles. The van der Waals surface area contributed by atoms with Crippen molar-refractivity contribution >= 4 is 27.5 Å². The number of halogens is 3. The van der Waals surface area contributed by atoms with Crippen LogP contribution < -0.4 is 0 Å². The van der Waals surface area contributed by atoms with E-state index >= 15 is 0 Å². The van der Waals surface area contributed by atoms with Crippen molar-refractivity contribution in [3.63, 3.8) is 0 Å². The van der Waals surface area contributed by atoms with Gasteiger partial charge in [-0.1, -0.05) is 22.0 Å². The minimum atomic E-state index is -0.182. The molecule has 15 heavy (non-hydrogen) atoms. The van der Waals surface area contributed by atoms with E-state index in [1.807, 2.05) is 24.9 Å². The van der Waals surface area contributed by atoms with Gasteiger partial charge in [0.15, 0.2) is 0 Å². The summed E-state index contributed by atoms with van der Waals surface area (Å²) in [6, 6.07) is 5.36. The van der Waals surface area contributed by atoms with Crippen LogP contribution in [0.1, 0.15) is 12.5 Å². The molecule has 0 aromatic heterocycles. The first-order valence-corrected chi connectivity index (χ1v) is 6.07. The quantitative estimate of drug-likeness (QED) is 0.766. The highest BCUT2D eigenvalue weighted by Crippen LogP contribution is 2.17. The molecule has 1 nitrogen and oxygen atoms in total. The van der Waals surface area contributed by atoms with E-state index in [1.54, 1.807) is 6.07 Å². The number of hydrogen-bond acceptors (Lipinski definition) is 1. The molecule has 1 atom stereocenters. The Morgan fingerprint density at radius 3 is 2.73 bits per heavy atom. The maximum absolute atomic E-state index is 13.5. The van der Waals surface area contributed by atoms with Crippen molar-refractivity contribution in [3.05, 3.63) is 34.1 Å². The first kappa shape index (κ1) is 12.9. The minimum absolute atomic E-state index is 0.182. The normalized spacial score (nSPS) is 13.2. The van der Waals surface area contributed by atoms with Gasteiger partial charge in [0.2, 0.25) is 0 Å². The zero-order valence-corrected chi connectivity index (χ0v) is 11.1. The van der Waals surface area contributed by atoms with Gasteiger partial charge >= 0.3 is 0 Å². The first-order valence-electron chi connectivity index (χ1n) is 4.74. The number of alkyl halides is 1. The lowest BCUT2D eigenvalue weighted by molar-refractivity contribution is 0.264. The van der Waals surface area contributed by atoms with E-state index in [0.29, 0.717) is 18.0 Å². The van der Waals surface area contributed by atoms with E-state index < -0.39 is 0 Å². The topological polar surface area (TPSA) is 3.24 Å². The Bertz CT molecular complexity index is 332. The maximum atomic E-state index is 13.5. The summed E-state index contributed by atoms with van der Waals surface area (Å²) >= 11 is 8.97. The number of rotatable bonds is 4. The van der Waals surface area contributed by atoms with Gasteiger partial charge < -0.3 is 0 Å². The summed E-state index contributed by atoms with van der Waals surface area (Å²) in [6.07, 6.45) is 0. The van der Waals surface area contributed by atoms with Crippen molar-refractivity contribution < 1.29 is 4.39 Å². The predicted octanol–water partition coefficient (Wildman–Crippen LogP) is 3.65. The van der Waals surface area contributed by atoms with Gasteiger partial charge in [-0.3, -0.25) is 4.90 Å². The third-order valence-corrected chi connectivity index (χ3v) is 3.35. The van der Waals surface area contributed by atoms with Gasteiger partial charge in [0.05, 0.1) is 0 Å². The lowest BCUT2D eigenvalue weighted by Gasteiger charge is -2.22. The highest BCUT2D eigenvalue weighted by Gasteiger charge is 2.10. The fourth-order valence-electron chi connectivity index (χ4n) is 1.19. The Labute approximate surface area is 103 Å². The molecule has 0 N–H and O–H groups in total. The molecular weight excluding hydrogens is 280 g/mol. The van der Waals surface area contributed by atoms with Gasteiger partial charge in [-0.05, 0) is 26.1 Å². The van der Waals surface area contributed by atoms with Gasteiger partial charge in [0.25, 0.3) is 0 Å². The zero-order valence-electron chi connectivity index (χ0n) is 8.80. The van der Waals surface area contributed by atoms with Crippen LogP contribution in [0.5, 0.6) is 0 Å². The van der Waals surface area contributed by atoms with Crippen molar-refractivity contribution in [2.75, 3.05) is 12.9 Å². The summed E-state index contributed by atoms with van der Waals surface area (Å²) in [5, 5.41) is 0. The molecular formula is C11H14BrClFN. The van der Waals surface area contributed by atoms with Crippen LogP contribution in [0.4, 0.5) is 4.39 Å². The Kier molecular flexibility index (Phi) is 5.03. The standard InChI is InChI=1S/C11H14BrClFN/c1-8(6-13)15(2)7-9-3-4-10(12)5-11(9)14/h3-5,8H,6-7H2,1-2H3. The molecule has 0 saturated heterocycles. The predicted molar refractivity (Wildman–Crippen MR) is 65.7 cm³/mol. The van der Waals surface area contributed by atoms with Crippen molar-refractivity contribution in [1.82, 2.24) is 4.90 Å². The molecule has 0 aliphatic heterocycles. The lowest BCUT2D eigenvalue weighted by atomic mass is 10.2. The van der Waals surface area contributed by atoms with Crippen LogP contribution in [0.25, 0.3) is 0 Å². The van der Waals surface area contributed by atoms with Crippen LogP contribution in [0.3, 0.4) is 0 Å². The Morgan fingerprint density at radius 1 is 1.53 bits per heavy atom. The minimum Gasteiger partial charge on any atom is -0.298 e. The Hall–Kier alpha value is -0.120. The van der Waals surface area contributed by atoms with E-state index in [1.165, 1.54) is 6.07 Å². The third kappa shape index (κ3) is 3.74. The fraction of sp³-hybridized carbons (Fsp3) is 0.455. The molecule has 0 bridgehead atoms.